The molecular formula is C24H32N2O2. The number of rotatable bonds is 9. The van der Waals surface area contributed by atoms with Crippen molar-refractivity contribution in [2.75, 3.05) is 42.6 Å². The fourth-order valence-corrected chi connectivity index (χ4v) is 3.62. The molecular weight excluding hydrogens is 348 g/mol. The Morgan fingerprint density at radius 2 is 1.57 bits per heavy atom. The van der Waals surface area contributed by atoms with Crippen molar-refractivity contribution in [2.45, 2.75) is 39.5 Å². The number of piperazine rings is 1. The van der Waals surface area contributed by atoms with Crippen molar-refractivity contribution in [3.05, 3.63) is 54.1 Å². The molecule has 2 aromatic rings. The van der Waals surface area contributed by atoms with Crippen LogP contribution >= 0.6 is 0 Å². The van der Waals surface area contributed by atoms with E-state index < -0.39 is 0 Å². The van der Waals surface area contributed by atoms with Crippen LogP contribution in [0.4, 0.5) is 11.4 Å². The van der Waals surface area contributed by atoms with Crippen LogP contribution in [0.3, 0.4) is 0 Å². The summed E-state index contributed by atoms with van der Waals surface area (Å²) in [5.41, 5.74) is 3.19. The first kappa shape index (κ1) is 20.2. The lowest BCUT2D eigenvalue weighted by Gasteiger charge is -2.37. The lowest BCUT2D eigenvalue weighted by molar-refractivity contribution is 0.101. The Morgan fingerprint density at radius 1 is 0.893 bits per heavy atom. The highest BCUT2D eigenvalue weighted by molar-refractivity contribution is 5.94. The van der Waals surface area contributed by atoms with Crippen LogP contribution < -0.4 is 14.5 Å². The average molecular weight is 381 g/mol. The number of carbonyl (C=O) groups excluding carboxylic acids is 1. The summed E-state index contributed by atoms with van der Waals surface area (Å²) in [6.07, 6.45) is 4.90. The molecule has 150 valence electrons. The van der Waals surface area contributed by atoms with Crippen molar-refractivity contribution in [1.82, 2.24) is 0 Å². The van der Waals surface area contributed by atoms with Gasteiger partial charge in [-0.05, 0) is 49.7 Å². The Morgan fingerprint density at radius 3 is 2.21 bits per heavy atom. The maximum absolute atomic E-state index is 11.4. The lowest BCUT2D eigenvalue weighted by Crippen LogP contribution is -2.46. The Bertz CT molecular complexity index is 749. The van der Waals surface area contributed by atoms with Gasteiger partial charge in [-0.2, -0.15) is 0 Å². The maximum Gasteiger partial charge on any atom is 0.159 e. The Balaban J connectivity index is 1.51. The van der Waals surface area contributed by atoms with Crippen molar-refractivity contribution in [2.24, 2.45) is 0 Å². The van der Waals surface area contributed by atoms with E-state index in [4.69, 9.17) is 4.74 Å². The first-order chi connectivity index (χ1) is 13.7. The molecule has 4 nitrogen and oxygen atoms in total. The van der Waals surface area contributed by atoms with Crippen LogP contribution in [0.2, 0.25) is 0 Å². The second-order valence-corrected chi connectivity index (χ2v) is 7.48. The summed E-state index contributed by atoms with van der Waals surface area (Å²) in [6, 6.07) is 16.4. The van der Waals surface area contributed by atoms with Gasteiger partial charge >= 0.3 is 0 Å². The SMILES string of the molecule is CCCCCCOc1cccc(N2CCN(c3ccc(C(C)=O)cc3)CC2)c1. The van der Waals surface area contributed by atoms with Gasteiger partial charge in [-0.15, -0.1) is 0 Å². The molecule has 1 saturated heterocycles. The van der Waals surface area contributed by atoms with E-state index in [-0.39, 0.29) is 5.78 Å². The fraction of sp³-hybridized carbons (Fsp3) is 0.458. The van der Waals surface area contributed by atoms with Gasteiger partial charge < -0.3 is 14.5 Å². The molecule has 0 radical (unpaired) electrons. The molecule has 1 aliphatic rings. The molecule has 3 rings (SSSR count). The molecule has 0 N–H and O–H groups in total. The number of ketones is 1. The summed E-state index contributed by atoms with van der Waals surface area (Å²) in [6.45, 7) is 8.54. The molecule has 0 spiro atoms. The minimum Gasteiger partial charge on any atom is -0.494 e. The minimum absolute atomic E-state index is 0.115. The van der Waals surface area contributed by atoms with Crippen molar-refractivity contribution in [3.8, 4) is 5.75 Å². The first-order valence-corrected chi connectivity index (χ1v) is 10.5. The summed E-state index contributed by atoms with van der Waals surface area (Å²) in [5.74, 6) is 1.08. The van der Waals surface area contributed by atoms with Crippen molar-refractivity contribution in [3.63, 3.8) is 0 Å². The third-order valence-electron chi connectivity index (χ3n) is 5.37. The van der Waals surface area contributed by atoms with Gasteiger partial charge in [0, 0.05) is 49.2 Å². The monoisotopic (exact) mass is 380 g/mol. The summed E-state index contributed by atoms with van der Waals surface area (Å²) in [7, 11) is 0. The third-order valence-corrected chi connectivity index (χ3v) is 5.37. The fourth-order valence-electron chi connectivity index (χ4n) is 3.62. The van der Waals surface area contributed by atoms with E-state index in [9.17, 15) is 4.79 Å². The quantitative estimate of drug-likeness (QED) is 0.443. The van der Waals surface area contributed by atoms with E-state index in [1.54, 1.807) is 6.92 Å². The van der Waals surface area contributed by atoms with E-state index in [1.165, 1.54) is 30.6 Å². The topological polar surface area (TPSA) is 32.8 Å². The summed E-state index contributed by atoms with van der Waals surface area (Å²) >= 11 is 0. The van der Waals surface area contributed by atoms with Crippen LogP contribution in [0.15, 0.2) is 48.5 Å². The third kappa shape index (κ3) is 5.51. The molecule has 0 saturated carbocycles. The van der Waals surface area contributed by atoms with Crippen molar-refractivity contribution in [1.29, 1.82) is 0 Å². The molecule has 4 heteroatoms. The number of nitrogens with zero attached hydrogens (tertiary/aromatic N) is 2. The summed E-state index contributed by atoms with van der Waals surface area (Å²) in [5, 5.41) is 0. The number of ether oxygens (including phenoxy) is 1. The normalized spacial score (nSPS) is 14.2. The van der Waals surface area contributed by atoms with E-state index in [1.807, 2.05) is 12.1 Å². The molecule has 0 bridgehead atoms. The average Bonchev–Trinajstić information content (AvgIpc) is 2.74. The van der Waals surface area contributed by atoms with Crippen LogP contribution in [0, 0.1) is 0 Å². The van der Waals surface area contributed by atoms with Crippen LogP contribution in [-0.2, 0) is 0 Å². The molecule has 1 fully saturated rings. The van der Waals surface area contributed by atoms with Crippen molar-refractivity contribution >= 4 is 17.2 Å². The highest BCUT2D eigenvalue weighted by atomic mass is 16.5. The van der Waals surface area contributed by atoms with E-state index in [0.717, 1.165) is 50.5 Å². The highest BCUT2D eigenvalue weighted by Gasteiger charge is 2.18. The minimum atomic E-state index is 0.115. The number of carbonyl (C=O) groups is 1. The van der Waals surface area contributed by atoms with Crippen LogP contribution in [0.1, 0.15) is 49.9 Å². The smallest absolute Gasteiger partial charge is 0.159 e. The molecule has 0 amide bonds. The van der Waals surface area contributed by atoms with Gasteiger partial charge in [-0.3, -0.25) is 4.79 Å². The Kier molecular flexibility index (Phi) is 7.35. The zero-order chi connectivity index (χ0) is 19.8. The second kappa shape index (κ2) is 10.2. The number of Topliss-reactive ketones (excluding diaryl/α,β-unsaturated/α-hetero) is 1. The largest absolute Gasteiger partial charge is 0.494 e. The van der Waals surface area contributed by atoms with Crippen LogP contribution in [0.25, 0.3) is 0 Å². The molecule has 1 aliphatic heterocycles. The molecule has 28 heavy (non-hydrogen) atoms. The van der Waals surface area contributed by atoms with Gasteiger partial charge in [-0.1, -0.05) is 32.3 Å². The van der Waals surface area contributed by atoms with Gasteiger partial charge in [0.25, 0.3) is 0 Å². The molecule has 1 heterocycles. The maximum atomic E-state index is 11.4. The molecule has 0 aromatic heterocycles. The van der Waals surface area contributed by atoms with Gasteiger partial charge in [0.05, 0.1) is 6.61 Å². The Hall–Kier alpha value is -2.49. The number of unbranched alkanes of at least 4 members (excludes halogenated alkanes) is 3. The van der Waals surface area contributed by atoms with Crippen LogP contribution in [-0.4, -0.2) is 38.6 Å². The second-order valence-electron chi connectivity index (χ2n) is 7.48. The zero-order valence-corrected chi connectivity index (χ0v) is 17.2. The van der Waals surface area contributed by atoms with Gasteiger partial charge in [0.2, 0.25) is 0 Å². The standard InChI is InChI=1S/C24H32N2O2/c1-3-4-5-6-18-28-24-9-7-8-23(19-24)26-16-14-25(15-17-26)22-12-10-21(11-13-22)20(2)27/h7-13,19H,3-6,14-18H2,1-2H3. The molecule has 0 unspecified atom stereocenters. The number of benzene rings is 2. The van der Waals surface area contributed by atoms with E-state index >= 15 is 0 Å². The molecule has 2 aromatic carbocycles. The Labute approximate surface area is 169 Å². The van der Waals surface area contributed by atoms with Gasteiger partial charge in [0.15, 0.2) is 5.78 Å². The van der Waals surface area contributed by atoms with Gasteiger partial charge in [0.1, 0.15) is 5.75 Å². The van der Waals surface area contributed by atoms with Crippen LogP contribution in [0.5, 0.6) is 5.75 Å². The molecule has 0 aliphatic carbocycles. The predicted octanol–water partition coefficient (Wildman–Crippen LogP) is 5.17. The lowest BCUT2D eigenvalue weighted by atomic mass is 10.1. The number of hydrogen-bond acceptors (Lipinski definition) is 4. The summed E-state index contributed by atoms with van der Waals surface area (Å²) < 4.78 is 5.94. The zero-order valence-electron chi connectivity index (χ0n) is 17.2. The summed E-state index contributed by atoms with van der Waals surface area (Å²) in [4.78, 5) is 16.2. The van der Waals surface area contributed by atoms with Gasteiger partial charge in [-0.25, -0.2) is 0 Å². The van der Waals surface area contributed by atoms with E-state index in [0.29, 0.717) is 0 Å². The van der Waals surface area contributed by atoms with Crippen molar-refractivity contribution < 1.29 is 9.53 Å². The first-order valence-electron chi connectivity index (χ1n) is 10.5. The highest BCUT2D eigenvalue weighted by Crippen LogP contribution is 2.24. The predicted molar refractivity (Wildman–Crippen MR) is 117 cm³/mol. The molecule has 0 atom stereocenters. The number of anilines is 2. The van der Waals surface area contributed by atoms with E-state index in [2.05, 4.69) is 53.1 Å². The number of hydrogen-bond donors (Lipinski definition) is 0.